The molecule has 1 N–H and O–H groups in total. The van der Waals surface area contributed by atoms with Crippen LogP contribution in [-0.2, 0) is 9.53 Å². The van der Waals surface area contributed by atoms with E-state index in [2.05, 4.69) is 20.3 Å². The maximum absolute atomic E-state index is 12.2. The maximum Gasteiger partial charge on any atom is 0.249 e. The predicted molar refractivity (Wildman–Crippen MR) is 85.1 cm³/mol. The van der Waals surface area contributed by atoms with E-state index in [9.17, 15) is 4.79 Å². The molecule has 7 heteroatoms. The standard InChI is InChI=1S/C16H19N5O2/c1-23-11-14(22)21-10-4-5-12(21)15-16(19-9-8-18-15)20-13-6-2-3-7-17-13/h2-3,6-9,12H,4-5,10-11H2,1H3,(H,17,19,20)/t12-/m1/s1. The summed E-state index contributed by atoms with van der Waals surface area (Å²) in [5, 5.41) is 3.19. The second kappa shape index (κ2) is 7.15. The second-order valence-electron chi connectivity index (χ2n) is 5.31. The molecule has 120 valence electrons. The quantitative estimate of drug-likeness (QED) is 0.908. The molecule has 2 aromatic rings. The van der Waals surface area contributed by atoms with Crippen LogP contribution in [0.3, 0.4) is 0 Å². The van der Waals surface area contributed by atoms with E-state index in [0.717, 1.165) is 18.5 Å². The number of hydrogen-bond acceptors (Lipinski definition) is 6. The third-order valence-corrected chi connectivity index (χ3v) is 3.79. The van der Waals surface area contributed by atoms with E-state index >= 15 is 0 Å². The molecule has 7 nitrogen and oxygen atoms in total. The Bertz CT molecular complexity index is 665. The molecule has 0 radical (unpaired) electrons. The fourth-order valence-electron chi connectivity index (χ4n) is 2.80. The van der Waals surface area contributed by atoms with Gasteiger partial charge in [-0.05, 0) is 25.0 Å². The third-order valence-electron chi connectivity index (χ3n) is 3.79. The fourth-order valence-corrected chi connectivity index (χ4v) is 2.80. The van der Waals surface area contributed by atoms with Crippen molar-refractivity contribution in [3.05, 3.63) is 42.5 Å². The van der Waals surface area contributed by atoms with Crippen molar-refractivity contribution >= 4 is 17.5 Å². The monoisotopic (exact) mass is 313 g/mol. The number of methoxy groups -OCH3 is 1. The minimum atomic E-state index is -0.0856. The Balaban J connectivity index is 1.86. The number of nitrogens with one attached hydrogen (secondary N) is 1. The van der Waals surface area contributed by atoms with Crippen LogP contribution in [-0.4, -0.2) is 46.0 Å². The highest BCUT2D eigenvalue weighted by Gasteiger charge is 2.32. The van der Waals surface area contributed by atoms with Gasteiger partial charge in [-0.3, -0.25) is 9.78 Å². The van der Waals surface area contributed by atoms with Crippen LogP contribution in [0.15, 0.2) is 36.8 Å². The Kier molecular flexibility index (Phi) is 4.77. The van der Waals surface area contributed by atoms with Crippen LogP contribution >= 0.6 is 0 Å². The topological polar surface area (TPSA) is 80.2 Å². The number of aromatic nitrogens is 3. The van der Waals surface area contributed by atoms with Crippen molar-refractivity contribution in [1.82, 2.24) is 19.9 Å². The van der Waals surface area contributed by atoms with Crippen molar-refractivity contribution in [3.63, 3.8) is 0 Å². The Morgan fingerprint density at radius 3 is 2.96 bits per heavy atom. The second-order valence-corrected chi connectivity index (χ2v) is 5.31. The molecule has 1 amide bonds. The summed E-state index contributed by atoms with van der Waals surface area (Å²) in [6.45, 7) is 0.798. The number of ether oxygens (including phenoxy) is 1. The molecule has 1 aliphatic heterocycles. The lowest BCUT2D eigenvalue weighted by Crippen LogP contribution is -2.34. The summed E-state index contributed by atoms with van der Waals surface area (Å²) in [7, 11) is 1.53. The zero-order valence-corrected chi connectivity index (χ0v) is 13.0. The Labute approximate surface area is 134 Å². The molecular weight excluding hydrogens is 294 g/mol. The van der Waals surface area contributed by atoms with E-state index in [-0.39, 0.29) is 18.6 Å². The maximum atomic E-state index is 12.2. The van der Waals surface area contributed by atoms with E-state index in [1.54, 1.807) is 18.6 Å². The Morgan fingerprint density at radius 1 is 1.30 bits per heavy atom. The number of rotatable bonds is 5. The Hall–Kier alpha value is -2.54. The number of hydrogen-bond donors (Lipinski definition) is 1. The summed E-state index contributed by atoms with van der Waals surface area (Å²) in [4.78, 5) is 27.1. The van der Waals surface area contributed by atoms with E-state index in [1.165, 1.54) is 7.11 Å². The molecule has 0 bridgehead atoms. The van der Waals surface area contributed by atoms with Gasteiger partial charge in [0.25, 0.3) is 0 Å². The highest BCUT2D eigenvalue weighted by atomic mass is 16.5. The lowest BCUT2D eigenvalue weighted by Gasteiger charge is -2.25. The fraction of sp³-hybridized carbons (Fsp3) is 0.375. The van der Waals surface area contributed by atoms with Crippen LogP contribution in [0.25, 0.3) is 0 Å². The van der Waals surface area contributed by atoms with Crippen LogP contribution in [0.5, 0.6) is 0 Å². The highest BCUT2D eigenvalue weighted by Crippen LogP contribution is 2.34. The smallest absolute Gasteiger partial charge is 0.249 e. The Morgan fingerprint density at radius 2 is 2.17 bits per heavy atom. The number of carbonyl (C=O) groups is 1. The first kappa shape index (κ1) is 15.4. The van der Waals surface area contributed by atoms with Gasteiger partial charge in [-0.15, -0.1) is 0 Å². The normalized spacial score (nSPS) is 17.3. The molecule has 2 aromatic heterocycles. The van der Waals surface area contributed by atoms with E-state index in [0.29, 0.717) is 18.2 Å². The first-order chi connectivity index (χ1) is 11.3. The lowest BCUT2D eigenvalue weighted by atomic mass is 10.1. The van der Waals surface area contributed by atoms with Gasteiger partial charge in [-0.2, -0.15) is 0 Å². The lowest BCUT2D eigenvalue weighted by molar-refractivity contribution is -0.136. The van der Waals surface area contributed by atoms with Crippen molar-refractivity contribution in [2.75, 3.05) is 25.6 Å². The van der Waals surface area contributed by atoms with Crippen molar-refractivity contribution in [3.8, 4) is 0 Å². The summed E-state index contributed by atoms with van der Waals surface area (Å²) in [5.74, 6) is 1.31. The number of carbonyl (C=O) groups excluding carboxylic acids is 1. The largest absolute Gasteiger partial charge is 0.375 e. The van der Waals surface area contributed by atoms with Gasteiger partial charge in [0.2, 0.25) is 5.91 Å². The summed E-state index contributed by atoms with van der Waals surface area (Å²) in [6, 6.07) is 5.53. The molecule has 3 heterocycles. The minimum absolute atomic E-state index is 0.0237. The van der Waals surface area contributed by atoms with Crippen LogP contribution in [0.2, 0.25) is 0 Å². The number of likely N-dealkylation sites (tertiary alicyclic amines) is 1. The van der Waals surface area contributed by atoms with Gasteiger partial charge in [0, 0.05) is 32.2 Å². The zero-order chi connectivity index (χ0) is 16.1. The summed E-state index contributed by atoms with van der Waals surface area (Å²) < 4.78 is 4.97. The van der Waals surface area contributed by atoms with Crippen LogP contribution in [0.1, 0.15) is 24.6 Å². The third kappa shape index (κ3) is 3.45. The first-order valence-electron chi connectivity index (χ1n) is 7.57. The van der Waals surface area contributed by atoms with Crippen molar-refractivity contribution in [1.29, 1.82) is 0 Å². The molecule has 0 aromatic carbocycles. The zero-order valence-electron chi connectivity index (χ0n) is 13.0. The summed E-state index contributed by atoms with van der Waals surface area (Å²) >= 11 is 0. The predicted octanol–water partition coefficient (Wildman–Crippen LogP) is 1.93. The first-order valence-corrected chi connectivity index (χ1v) is 7.57. The van der Waals surface area contributed by atoms with Gasteiger partial charge in [0.05, 0.1) is 6.04 Å². The molecule has 0 aliphatic carbocycles. The average Bonchev–Trinajstić information content (AvgIpc) is 3.06. The molecule has 0 saturated carbocycles. The molecule has 1 saturated heterocycles. The van der Waals surface area contributed by atoms with Crippen molar-refractivity contribution in [2.24, 2.45) is 0 Å². The van der Waals surface area contributed by atoms with E-state index < -0.39 is 0 Å². The highest BCUT2D eigenvalue weighted by molar-refractivity contribution is 5.78. The molecular formula is C16H19N5O2. The van der Waals surface area contributed by atoms with Gasteiger partial charge < -0.3 is 15.0 Å². The SMILES string of the molecule is COCC(=O)N1CCC[C@@H]1c1nccnc1Nc1ccccn1. The van der Waals surface area contributed by atoms with E-state index in [4.69, 9.17) is 4.74 Å². The summed E-state index contributed by atoms with van der Waals surface area (Å²) in [6.07, 6.45) is 6.80. The molecule has 1 fully saturated rings. The van der Waals surface area contributed by atoms with Crippen molar-refractivity contribution < 1.29 is 9.53 Å². The number of nitrogens with zero attached hydrogens (tertiary/aromatic N) is 4. The number of pyridine rings is 1. The minimum Gasteiger partial charge on any atom is -0.375 e. The molecule has 23 heavy (non-hydrogen) atoms. The summed E-state index contributed by atoms with van der Waals surface area (Å²) in [5.41, 5.74) is 0.764. The van der Waals surface area contributed by atoms with Gasteiger partial charge >= 0.3 is 0 Å². The number of amides is 1. The van der Waals surface area contributed by atoms with Gasteiger partial charge in [0.15, 0.2) is 5.82 Å². The molecule has 1 atom stereocenters. The average molecular weight is 313 g/mol. The molecule has 0 unspecified atom stereocenters. The van der Waals surface area contributed by atoms with Crippen LogP contribution in [0.4, 0.5) is 11.6 Å². The van der Waals surface area contributed by atoms with Crippen LogP contribution < -0.4 is 5.32 Å². The van der Waals surface area contributed by atoms with Crippen LogP contribution in [0, 0.1) is 0 Å². The molecule has 1 aliphatic rings. The van der Waals surface area contributed by atoms with E-state index in [1.807, 2.05) is 23.1 Å². The van der Waals surface area contributed by atoms with Gasteiger partial charge in [-0.25, -0.2) is 9.97 Å². The molecule has 0 spiro atoms. The number of anilines is 2. The van der Waals surface area contributed by atoms with Crippen molar-refractivity contribution in [2.45, 2.75) is 18.9 Å². The van der Waals surface area contributed by atoms with Gasteiger partial charge in [0.1, 0.15) is 18.1 Å². The molecule has 3 rings (SSSR count). The van der Waals surface area contributed by atoms with Gasteiger partial charge in [-0.1, -0.05) is 6.07 Å².